The summed E-state index contributed by atoms with van der Waals surface area (Å²) in [5, 5.41) is 4.18. The lowest BCUT2D eigenvalue weighted by Gasteiger charge is -2.34. The molecule has 1 amide bonds. The lowest BCUT2D eigenvalue weighted by atomic mass is 10.3. The third-order valence-corrected chi connectivity index (χ3v) is 3.20. The van der Waals surface area contributed by atoms with Gasteiger partial charge >= 0.3 is 0 Å². The number of carbonyl (C=O) groups excluding carboxylic acids is 1. The number of aromatic nitrogens is 2. The second-order valence-corrected chi connectivity index (χ2v) is 4.44. The van der Waals surface area contributed by atoms with E-state index in [2.05, 4.69) is 10.00 Å². The van der Waals surface area contributed by atoms with E-state index in [9.17, 15) is 4.79 Å². The van der Waals surface area contributed by atoms with E-state index in [4.69, 9.17) is 0 Å². The number of allylic oxidation sites excluding steroid dienone is 1. The first kappa shape index (κ1) is 12.8. The van der Waals surface area contributed by atoms with Crippen molar-refractivity contribution >= 4 is 5.91 Å². The summed E-state index contributed by atoms with van der Waals surface area (Å²) in [6, 6.07) is 1.94. The summed E-state index contributed by atoms with van der Waals surface area (Å²) in [4.78, 5) is 15.9. The number of hydrogen-bond donors (Lipinski definition) is 0. The quantitative estimate of drug-likeness (QED) is 0.733. The maximum atomic E-state index is 11.7. The molecule has 1 aromatic heterocycles. The van der Waals surface area contributed by atoms with E-state index in [-0.39, 0.29) is 5.91 Å². The molecule has 0 aliphatic carbocycles. The number of amides is 1. The van der Waals surface area contributed by atoms with Gasteiger partial charge in [-0.25, -0.2) is 0 Å². The van der Waals surface area contributed by atoms with Crippen LogP contribution in [0.25, 0.3) is 0 Å². The summed E-state index contributed by atoms with van der Waals surface area (Å²) < 4.78 is 1.94. The molecule has 98 valence electrons. The monoisotopic (exact) mass is 248 g/mol. The van der Waals surface area contributed by atoms with Crippen LogP contribution in [-0.2, 0) is 11.3 Å². The average molecular weight is 248 g/mol. The molecule has 5 nitrogen and oxygen atoms in total. The first-order chi connectivity index (χ1) is 8.79. The molecular weight excluding hydrogens is 228 g/mol. The van der Waals surface area contributed by atoms with Gasteiger partial charge in [-0.2, -0.15) is 5.10 Å². The number of nitrogens with zero attached hydrogens (tertiary/aromatic N) is 4. The van der Waals surface area contributed by atoms with Crippen LogP contribution in [0.15, 0.2) is 30.6 Å². The smallest absolute Gasteiger partial charge is 0.246 e. The summed E-state index contributed by atoms with van der Waals surface area (Å²) >= 11 is 0. The minimum atomic E-state index is 0.129. The maximum absolute atomic E-state index is 11.7. The molecule has 0 unspecified atom stereocenters. The fraction of sp³-hybridized carbons (Fsp3) is 0.538. The van der Waals surface area contributed by atoms with Gasteiger partial charge in [0.15, 0.2) is 0 Å². The highest BCUT2D eigenvalue weighted by atomic mass is 16.2. The van der Waals surface area contributed by atoms with Crippen molar-refractivity contribution in [2.45, 2.75) is 13.5 Å². The van der Waals surface area contributed by atoms with Crippen molar-refractivity contribution in [2.75, 3.05) is 32.7 Å². The Labute approximate surface area is 108 Å². The SMILES string of the molecule is C/C=C/C(=O)N1CCN(CCn2cccn2)CC1. The normalized spacial score (nSPS) is 17.5. The first-order valence-corrected chi connectivity index (χ1v) is 6.41. The van der Waals surface area contributed by atoms with Crippen LogP contribution in [0, 0.1) is 0 Å². The summed E-state index contributed by atoms with van der Waals surface area (Å²) in [6.45, 7) is 7.32. The largest absolute Gasteiger partial charge is 0.337 e. The minimum Gasteiger partial charge on any atom is -0.337 e. The molecule has 0 radical (unpaired) electrons. The van der Waals surface area contributed by atoms with Crippen LogP contribution in [0.4, 0.5) is 0 Å². The van der Waals surface area contributed by atoms with Crippen LogP contribution >= 0.6 is 0 Å². The van der Waals surface area contributed by atoms with Crippen LogP contribution in [0.1, 0.15) is 6.92 Å². The Bertz CT molecular complexity index is 391. The van der Waals surface area contributed by atoms with Gasteiger partial charge in [0.2, 0.25) is 5.91 Å². The Balaban J connectivity index is 1.71. The van der Waals surface area contributed by atoms with Crippen molar-refractivity contribution in [1.29, 1.82) is 0 Å². The van der Waals surface area contributed by atoms with Crippen LogP contribution in [0.2, 0.25) is 0 Å². The topological polar surface area (TPSA) is 41.4 Å². The summed E-state index contributed by atoms with van der Waals surface area (Å²) in [7, 11) is 0. The molecule has 18 heavy (non-hydrogen) atoms. The molecular formula is C13H20N4O. The molecule has 1 aliphatic rings. The molecule has 1 aliphatic heterocycles. The number of hydrogen-bond acceptors (Lipinski definition) is 3. The van der Waals surface area contributed by atoms with Crippen LogP contribution in [0.5, 0.6) is 0 Å². The molecule has 0 atom stereocenters. The number of piperazine rings is 1. The lowest BCUT2D eigenvalue weighted by molar-refractivity contribution is -0.127. The Morgan fingerprint density at radius 3 is 2.67 bits per heavy atom. The lowest BCUT2D eigenvalue weighted by Crippen LogP contribution is -2.48. The van der Waals surface area contributed by atoms with Gasteiger partial charge in [0.25, 0.3) is 0 Å². The molecule has 0 spiro atoms. The molecule has 0 aromatic carbocycles. The fourth-order valence-electron chi connectivity index (χ4n) is 2.12. The molecule has 2 heterocycles. The average Bonchev–Trinajstić information content (AvgIpc) is 2.90. The molecule has 1 fully saturated rings. The zero-order chi connectivity index (χ0) is 12.8. The molecule has 0 N–H and O–H groups in total. The van der Waals surface area contributed by atoms with E-state index >= 15 is 0 Å². The number of rotatable bonds is 4. The van der Waals surface area contributed by atoms with E-state index in [1.807, 2.05) is 28.8 Å². The van der Waals surface area contributed by atoms with Gasteiger partial charge in [-0.3, -0.25) is 14.4 Å². The van der Waals surface area contributed by atoms with E-state index in [0.29, 0.717) is 0 Å². The van der Waals surface area contributed by atoms with Gasteiger partial charge < -0.3 is 4.90 Å². The summed E-state index contributed by atoms with van der Waals surface area (Å²) in [5.41, 5.74) is 0. The fourth-order valence-corrected chi connectivity index (χ4v) is 2.12. The highest BCUT2D eigenvalue weighted by molar-refractivity contribution is 5.87. The Hall–Kier alpha value is -1.62. The van der Waals surface area contributed by atoms with Crippen LogP contribution < -0.4 is 0 Å². The van der Waals surface area contributed by atoms with Crippen molar-refractivity contribution in [3.05, 3.63) is 30.6 Å². The molecule has 0 bridgehead atoms. The van der Waals surface area contributed by atoms with Crippen LogP contribution in [0.3, 0.4) is 0 Å². The number of carbonyl (C=O) groups is 1. The van der Waals surface area contributed by atoms with Crippen molar-refractivity contribution in [3.8, 4) is 0 Å². The Morgan fingerprint density at radius 2 is 2.06 bits per heavy atom. The summed E-state index contributed by atoms with van der Waals surface area (Å²) in [6.07, 6.45) is 7.21. The van der Waals surface area contributed by atoms with Gasteiger partial charge in [-0.05, 0) is 19.1 Å². The van der Waals surface area contributed by atoms with E-state index < -0.39 is 0 Å². The van der Waals surface area contributed by atoms with Gasteiger partial charge in [0.05, 0.1) is 6.54 Å². The van der Waals surface area contributed by atoms with Crippen molar-refractivity contribution < 1.29 is 4.79 Å². The molecule has 1 saturated heterocycles. The third kappa shape index (κ3) is 3.43. The standard InChI is InChI=1S/C13H20N4O/c1-2-4-13(18)16-10-7-15(8-11-16)9-12-17-6-3-5-14-17/h2-6H,7-12H2,1H3/b4-2+. The second-order valence-electron chi connectivity index (χ2n) is 4.44. The first-order valence-electron chi connectivity index (χ1n) is 6.41. The predicted octanol–water partition coefficient (Wildman–Crippen LogP) is 0.603. The van der Waals surface area contributed by atoms with Gasteiger partial charge in [0.1, 0.15) is 0 Å². The summed E-state index contributed by atoms with van der Waals surface area (Å²) in [5.74, 6) is 0.129. The third-order valence-electron chi connectivity index (χ3n) is 3.20. The van der Waals surface area contributed by atoms with Crippen molar-refractivity contribution in [2.24, 2.45) is 0 Å². The highest BCUT2D eigenvalue weighted by Gasteiger charge is 2.18. The zero-order valence-electron chi connectivity index (χ0n) is 10.8. The predicted molar refractivity (Wildman–Crippen MR) is 70.1 cm³/mol. The van der Waals surface area contributed by atoms with E-state index in [1.165, 1.54) is 0 Å². The minimum absolute atomic E-state index is 0.129. The van der Waals surface area contributed by atoms with Gasteiger partial charge in [0, 0.05) is 45.1 Å². The Kier molecular flexibility index (Phi) is 4.52. The molecule has 2 rings (SSSR count). The second kappa shape index (κ2) is 6.35. The molecule has 1 aromatic rings. The van der Waals surface area contributed by atoms with Crippen molar-refractivity contribution in [1.82, 2.24) is 19.6 Å². The highest BCUT2D eigenvalue weighted by Crippen LogP contribution is 2.03. The van der Waals surface area contributed by atoms with Crippen LogP contribution in [-0.4, -0.2) is 58.2 Å². The van der Waals surface area contributed by atoms with E-state index in [0.717, 1.165) is 39.3 Å². The van der Waals surface area contributed by atoms with Gasteiger partial charge in [-0.15, -0.1) is 0 Å². The molecule has 5 heteroatoms. The maximum Gasteiger partial charge on any atom is 0.246 e. The molecule has 0 saturated carbocycles. The Morgan fingerprint density at radius 1 is 1.28 bits per heavy atom. The zero-order valence-corrected chi connectivity index (χ0v) is 10.8. The van der Waals surface area contributed by atoms with E-state index in [1.54, 1.807) is 18.3 Å². The van der Waals surface area contributed by atoms with Gasteiger partial charge in [-0.1, -0.05) is 6.08 Å². The van der Waals surface area contributed by atoms with Crippen molar-refractivity contribution in [3.63, 3.8) is 0 Å².